The van der Waals surface area contributed by atoms with Crippen molar-refractivity contribution in [3.63, 3.8) is 0 Å². The summed E-state index contributed by atoms with van der Waals surface area (Å²) in [5, 5.41) is 22.7. The fourth-order valence-electron chi connectivity index (χ4n) is 2.51. The van der Waals surface area contributed by atoms with Gasteiger partial charge < -0.3 is 20.3 Å². The van der Waals surface area contributed by atoms with Crippen LogP contribution in [0.4, 0.5) is 19.0 Å². The summed E-state index contributed by atoms with van der Waals surface area (Å²) in [5.41, 5.74) is -1.13. The van der Waals surface area contributed by atoms with E-state index in [0.29, 0.717) is 6.20 Å². The Bertz CT molecular complexity index is 529. The van der Waals surface area contributed by atoms with Gasteiger partial charge in [-0.05, 0) is 5.92 Å². The van der Waals surface area contributed by atoms with Crippen molar-refractivity contribution < 1.29 is 28.1 Å². The van der Waals surface area contributed by atoms with Crippen molar-refractivity contribution in [3.05, 3.63) is 18.1 Å². The predicted octanol–water partition coefficient (Wildman–Crippen LogP) is 1.44. The largest absolute Gasteiger partial charge is 0.434 e. The van der Waals surface area contributed by atoms with E-state index in [1.165, 1.54) is 0 Å². The molecule has 130 valence electrons. The number of halogens is 3. The van der Waals surface area contributed by atoms with E-state index in [-0.39, 0.29) is 18.3 Å². The maximum Gasteiger partial charge on any atom is 0.434 e. The molecule has 9 heteroatoms. The third-order valence-electron chi connectivity index (χ3n) is 4.02. The van der Waals surface area contributed by atoms with Gasteiger partial charge in [0.25, 0.3) is 0 Å². The molecule has 0 saturated carbocycles. The van der Waals surface area contributed by atoms with Crippen LogP contribution in [0.15, 0.2) is 12.4 Å². The van der Waals surface area contributed by atoms with Crippen LogP contribution in [-0.4, -0.2) is 51.1 Å². The van der Waals surface area contributed by atoms with E-state index >= 15 is 0 Å². The summed E-state index contributed by atoms with van der Waals surface area (Å²) in [7, 11) is 0. The van der Waals surface area contributed by atoms with Crippen LogP contribution in [0.1, 0.15) is 26.0 Å². The molecule has 0 spiro atoms. The van der Waals surface area contributed by atoms with Crippen LogP contribution in [-0.2, 0) is 10.9 Å². The molecule has 1 aliphatic heterocycles. The summed E-state index contributed by atoms with van der Waals surface area (Å²) in [4.78, 5) is 6.99. The highest BCUT2D eigenvalue weighted by atomic mass is 19.4. The summed E-state index contributed by atoms with van der Waals surface area (Å²) in [6.07, 6.45) is -4.86. The molecule has 1 saturated heterocycles. The van der Waals surface area contributed by atoms with E-state index in [1.54, 1.807) is 0 Å². The molecular formula is C14H20F3N3O3. The molecule has 1 fully saturated rings. The molecule has 23 heavy (non-hydrogen) atoms. The first-order valence-corrected chi connectivity index (χ1v) is 7.37. The van der Waals surface area contributed by atoms with Crippen molar-refractivity contribution >= 4 is 5.82 Å². The second kappa shape index (κ2) is 6.98. The van der Waals surface area contributed by atoms with Crippen molar-refractivity contribution in [2.75, 3.05) is 11.9 Å². The Morgan fingerprint density at radius 1 is 1.39 bits per heavy atom. The molecule has 2 rings (SSSR count). The second-order valence-corrected chi connectivity index (χ2v) is 5.70. The zero-order valence-electron chi connectivity index (χ0n) is 12.8. The smallest absolute Gasteiger partial charge is 0.388 e. The van der Waals surface area contributed by atoms with Gasteiger partial charge in [0.05, 0.1) is 31.1 Å². The Labute approximate surface area is 131 Å². The Morgan fingerprint density at radius 2 is 2.09 bits per heavy atom. The lowest BCUT2D eigenvalue weighted by Crippen LogP contribution is -2.58. The zero-order chi connectivity index (χ0) is 17.2. The number of rotatable bonds is 4. The van der Waals surface area contributed by atoms with Crippen LogP contribution in [0.25, 0.3) is 0 Å². The minimum absolute atomic E-state index is 0.0252. The molecule has 0 amide bonds. The fourth-order valence-corrected chi connectivity index (χ4v) is 2.51. The van der Waals surface area contributed by atoms with Crippen molar-refractivity contribution in [3.8, 4) is 0 Å². The Morgan fingerprint density at radius 3 is 2.70 bits per heavy atom. The predicted molar refractivity (Wildman–Crippen MR) is 75.7 cm³/mol. The maximum absolute atomic E-state index is 12.7. The molecule has 6 nitrogen and oxygen atoms in total. The van der Waals surface area contributed by atoms with E-state index < -0.39 is 36.2 Å². The second-order valence-electron chi connectivity index (χ2n) is 5.70. The first-order valence-electron chi connectivity index (χ1n) is 7.37. The summed E-state index contributed by atoms with van der Waals surface area (Å²) >= 11 is 0. The third kappa shape index (κ3) is 4.10. The lowest BCUT2D eigenvalue weighted by atomic mass is 9.88. The van der Waals surface area contributed by atoms with Crippen LogP contribution >= 0.6 is 0 Å². The van der Waals surface area contributed by atoms with E-state index in [9.17, 15) is 23.4 Å². The summed E-state index contributed by atoms with van der Waals surface area (Å²) in [5.74, 6) is -0.0942. The molecule has 3 N–H and O–H groups in total. The van der Waals surface area contributed by atoms with Gasteiger partial charge in [-0.15, -0.1) is 0 Å². The molecule has 0 aromatic carbocycles. The van der Waals surface area contributed by atoms with Gasteiger partial charge in [0, 0.05) is 0 Å². The summed E-state index contributed by atoms with van der Waals surface area (Å²) in [6.45, 7) is 3.82. The van der Waals surface area contributed by atoms with Gasteiger partial charge in [0.1, 0.15) is 18.0 Å². The van der Waals surface area contributed by atoms with Gasteiger partial charge in [-0.25, -0.2) is 4.98 Å². The average Bonchev–Trinajstić information content (AvgIpc) is 2.51. The van der Waals surface area contributed by atoms with E-state index in [0.717, 1.165) is 12.6 Å². The van der Waals surface area contributed by atoms with Crippen molar-refractivity contribution in [2.24, 2.45) is 5.92 Å². The lowest BCUT2D eigenvalue weighted by molar-refractivity contribution is -0.143. The van der Waals surface area contributed by atoms with Crippen molar-refractivity contribution in [2.45, 2.75) is 50.8 Å². The molecule has 1 aromatic rings. The van der Waals surface area contributed by atoms with Gasteiger partial charge in [-0.2, -0.15) is 13.2 Å². The van der Waals surface area contributed by atoms with Crippen LogP contribution < -0.4 is 5.32 Å². The molecule has 1 aromatic heterocycles. The highest BCUT2D eigenvalue weighted by Gasteiger charge is 2.41. The number of alkyl halides is 3. The van der Waals surface area contributed by atoms with E-state index in [1.807, 2.05) is 13.8 Å². The van der Waals surface area contributed by atoms with Gasteiger partial charge >= 0.3 is 6.18 Å². The number of anilines is 1. The highest BCUT2D eigenvalue weighted by molar-refractivity contribution is 5.35. The van der Waals surface area contributed by atoms with Gasteiger partial charge in [-0.1, -0.05) is 20.3 Å². The monoisotopic (exact) mass is 335 g/mol. The van der Waals surface area contributed by atoms with Crippen LogP contribution in [0, 0.1) is 5.92 Å². The van der Waals surface area contributed by atoms with Crippen LogP contribution in [0.3, 0.4) is 0 Å². The van der Waals surface area contributed by atoms with Gasteiger partial charge in [0.15, 0.2) is 5.69 Å². The van der Waals surface area contributed by atoms with E-state index in [4.69, 9.17) is 4.74 Å². The molecule has 0 radical (unpaired) electrons. The maximum atomic E-state index is 12.7. The summed E-state index contributed by atoms with van der Waals surface area (Å²) in [6, 6.07) is -0.786. The van der Waals surface area contributed by atoms with E-state index in [2.05, 4.69) is 15.3 Å². The Hall–Kier alpha value is -1.45. The standard InChI is InChI=1S/C14H20F3N3O3/c1-3-7(2)13-11(12(22)8(21)6-23-13)20-10-5-18-4-9(19-10)14(15,16)17/h4-5,7-8,11-13,21-22H,3,6H2,1-2H3,(H,19,20). The van der Waals surface area contributed by atoms with Crippen molar-refractivity contribution in [1.29, 1.82) is 0 Å². The van der Waals surface area contributed by atoms with Crippen molar-refractivity contribution in [1.82, 2.24) is 9.97 Å². The highest BCUT2D eigenvalue weighted by Crippen LogP contribution is 2.29. The minimum atomic E-state index is -4.61. The Balaban J connectivity index is 2.23. The first kappa shape index (κ1) is 17.9. The molecule has 0 bridgehead atoms. The zero-order valence-corrected chi connectivity index (χ0v) is 12.8. The summed E-state index contributed by atoms with van der Waals surface area (Å²) < 4.78 is 43.7. The number of aliphatic hydroxyl groups is 2. The van der Waals surface area contributed by atoms with Gasteiger partial charge in [-0.3, -0.25) is 4.98 Å². The van der Waals surface area contributed by atoms with Gasteiger partial charge in [0.2, 0.25) is 0 Å². The molecule has 5 unspecified atom stereocenters. The fraction of sp³-hybridized carbons (Fsp3) is 0.714. The number of hydrogen-bond acceptors (Lipinski definition) is 6. The normalized spacial score (nSPS) is 30.0. The number of nitrogens with zero attached hydrogens (tertiary/aromatic N) is 2. The molecule has 0 aliphatic carbocycles. The molecule has 5 atom stereocenters. The number of nitrogens with one attached hydrogen (secondary N) is 1. The van der Waals surface area contributed by atoms with Crippen LogP contribution in [0.5, 0.6) is 0 Å². The first-order chi connectivity index (χ1) is 10.7. The SMILES string of the molecule is CCC(C)C1OCC(O)C(O)C1Nc1cncc(C(F)(F)F)n1. The minimum Gasteiger partial charge on any atom is -0.388 e. The quantitative estimate of drug-likeness (QED) is 0.772. The third-order valence-corrected chi connectivity index (χ3v) is 4.02. The Kier molecular flexibility index (Phi) is 5.43. The topological polar surface area (TPSA) is 87.5 Å². The van der Waals surface area contributed by atoms with Crippen LogP contribution in [0.2, 0.25) is 0 Å². The number of aliphatic hydroxyl groups excluding tert-OH is 2. The molecular weight excluding hydrogens is 315 g/mol. The lowest BCUT2D eigenvalue weighted by Gasteiger charge is -2.41. The number of aromatic nitrogens is 2. The number of hydrogen-bond donors (Lipinski definition) is 3. The number of ether oxygens (including phenoxy) is 1. The molecule has 2 heterocycles. The molecule has 1 aliphatic rings. The average molecular weight is 335 g/mol.